The molecule has 2 N–H and O–H groups in total. The van der Waals surface area contributed by atoms with Crippen molar-refractivity contribution >= 4 is 17.9 Å². The summed E-state index contributed by atoms with van der Waals surface area (Å²) in [7, 11) is 0. The van der Waals surface area contributed by atoms with Crippen LogP contribution in [0.15, 0.2) is 12.7 Å². The van der Waals surface area contributed by atoms with Crippen molar-refractivity contribution in [2.75, 3.05) is 6.61 Å². The van der Waals surface area contributed by atoms with Crippen LogP contribution in [0.25, 0.3) is 0 Å². The Hall–Kier alpha value is -1.85. The Morgan fingerprint density at radius 2 is 1.88 bits per heavy atom. The summed E-state index contributed by atoms with van der Waals surface area (Å²) in [5.41, 5.74) is 0. The van der Waals surface area contributed by atoms with Crippen molar-refractivity contribution in [3.8, 4) is 0 Å². The van der Waals surface area contributed by atoms with Gasteiger partial charge in [-0.15, -0.1) is 6.58 Å². The smallest absolute Gasteiger partial charge is 0.317 e. The van der Waals surface area contributed by atoms with E-state index in [1.54, 1.807) is 19.9 Å². The third kappa shape index (κ3) is 14.2. The van der Waals surface area contributed by atoms with E-state index in [4.69, 9.17) is 10.2 Å². The molecule has 1 unspecified atom stereocenters. The topological polar surface area (TPSA) is 101 Å². The fraction of sp³-hybridized carbons (Fsp3) is 0.545. The zero-order chi connectivity index (χ0) is 13.8. The molecule has 98 valence electrons. The number of rotatable bonds is 6. The fourth-order valence-electron chi connectivity index (χ4n) is 0.686. The number of allylic oxidation sites excluding steroid dienone is 1. The van der Waals surface area contributed by atoms with Gasteiger partial charge in [0.25, 0.3) is 0 Å². The van der Waals surface area contributed by atoms with Crippen LogP contribution in [0.4, 0.5) is 0 Å². The molecule has 0 aliphatic carbocycles. The summed E-state index contributed by atoms with van der Waals surface area (Å²) < 4.78 is 4.33. The molecule has 0 aromatic carbocycles. The second-order valence-electron chi connectivity index (χ2n) is 3.14. The molecular formula is C11H18O6. The van der Waals surface area contributed by atoms with Gasteiger partial charge in [0.1, 0.15) is 6.42 Å². The summed E-state index contributed by atoms with van der Waals surface area (Å²) in [5, 5.41) is 16.3. The van der Waals surface area contributed by atoms with Crippen molar-refractivity contribution in [1.29, 1.82) is 0 Å². The highest BCUT2D eigenvalue weighted by Gasteiger charge is 2.06. The van der Waals surface area contributed by atoms with E-state index in [1.165, 1.54) is 0 Å². The molecule has 0 aliphatic rings. The minimum Gasteiger partial charge on any atom is -0.481 e. The number of hydrogen-bond acceptors (Lipinski definition) is 4. The maximum Gasteiger partial charge on any atom is 0.317 e. The van der Waals surface area contributed by atoms with Crippen molar-refractivity contribution in [3.05, 3.63) is 12.7 Å². The van der Waals surface area contributed by atoms with Gasteiger partial charge in [0.2, 0.25) is 0 Å². The molecule has 0 amide bonds. The van der Waals surface area contributed by atoms with Crippen LogP contribution < -0.4 is 0 Å². The average Bonchev–Trinajstić information content (AvgIpc) is 2.17. The number of esters is 1. The van der Waals surface area contributed by atoms with E-state index in [1.807, 2.05) is 0 Å². The van der Waals surface area contributed by atoms with Gasteiger partial charge in [0.05, 0.1) is 12.5 Å². The van der Waals surface area contributed by atoms with Gasteiger partial charge in [0, 0.05) is 0 Å². The zero-order valence-electron chi connectivity index (χ0n) is 10.0. The number of aliphatic carboxylic acids is 2. The van der Waals surface area contributed by atoms with Gasteiger partial charge in [0.15, 0.2) is 0 Å². The quantitative estimate of drug-likeness (QED) is 0.416. The molecule has 0 aromatic rings. The Balaban J connectivity index is 0. The Kier molecular flexibility index (Phi) is 11.0. The second kappa shape index (κ2) is 10.7. The van der Waals surface area contributed by atoms with Gasteiger partial charge in [-0.2, -0.15) is 0 Å². The van der Waals surface area contributed by atoms with Crippen LogP contribution in [0.5, 0.6) is 0 Å². The summed E-state index contributed by atoms with van der Waals surface area (Å²) in [6, 6.07) is 0. The van der Waals surface area contributed by atoms with Crippen LogP contribution in [0.2, 0.25) is 0 Å². The lowest BCUT2D eigenvalue weighted by atomic mass is 10.1. The Morgan fingerprint density at radius 3 is 2.12 bits per heavy atom. The molecular weight excluding hydrogens is 228 g/mol. The molecule has 0 bridgehead atoms. The molecule has 1 atom stereocenters. The van der Waals surface area contributed by atoms with E-state index in [0.717, 1.165) is 0 Å². The first-order valence-electron chi connectivity index (χ1n) is 5.06. The van der Waals surface area contributed by atoms with Gasteiger partial charge in [-0.3, -0.25) is 14.4 Å². The molecule has 0 aliphatic heterocycles. The van der Waals surface area contributed by atoms with Crippen LogP contribution in [-0.4, -0.2) is 34.7 Å². The Morgan fingerprint density at radius 1 is 1.35 bits per heavy atom. The summed E-state index contributed by atoms with van der Waals surface area (Å²) in [6.07, 6.45) is 1.61. The fourth-order valence-corrected chi connectivity index (χ4v) is 0.686. The maximum absolute atomic E-state index is 10.3. The highest BCUT2D eigenvalue weighted by molar-refractivity contribution is 5.90. The first-order chi connectivity index (χ1) is 7.84. The standard InChI is InChI=1S/C6H10O2.C5H8O4/c1-3-4-5(2)6(7)8;1-2-9-5(8)3-4(6)7/h3,5H,1,4H2,2H3,(H,7,8);2-3H2,1H3,(H,6,7). The van der Waals surface area contributed by atoms with Gasteiger partial charge in [-0.1, -0.05) is 13.0 Å². The van der Waals surface area contributed by atoms with Crippen LogP contribution in [0.1, 0.15) is 26.7 Å². The molecule has 0 saturated heterocycles. The van der Waals surface area contributed by atoms with Gasteiger partial charge in [-0.25, -0.2) is 0 Å². The lowest BCUT2D eigenvalue weighted by molar-refractivity contribution is -0.151. The minimum atomic E-state index is -1.16. The third-order valence-electron chi connectivity index (χ3n) is 1.54. The first-order valence-corrected chi connectivity index (χ1v) is 5.06. The van der Waals surface area contributed by atoms with E-state index in [9.17, 15) is 14.4 Å². The molecule has 0 spiro atoms. The van der Waals surface area contributed by atoms with Crippen LogP contribution in [0, 0.1) is 5.92 Å². The predicted octanol–water partition coefficient (Wildman–Crippen LogP) is 1.31. The van der Waals surface area contributed by atoms with Gasteiger partial charge >= 0.3 is 17.9 Å². The highest BCUT2D eigenvalue weighted by Crippen LogP contribution is 2.00. The lowest BCUT2D eigenvalue weighted by Gasteiger charge is -1.97. The zero-order valence-corrected chi connectivity index (χ0v) is 10.0. The first kappa shape index (κ1) is 17.5. The van der Waals surface area contributed by atoms with E-state index >= 15 is 0 Å². The van der Waals surface area contributed by atoms with Crippen LogP contribution in [-0.2, 0) is 19.1 Å². The Labute approximate surface area is 99.9 Å². The Bertz CT molecular complexity index is 271. The van der Waals surface area contributed by atoms with Crippen molar-refractivity contribution in [2.24, 2.45) is 5.92 Å². The van der Waals surface area contributed by atoms with Crippen molar-refractivity contribution in [1.82, 2.24) is 0 Å². The second-order valence-corrected chi connectivity index (χ2v) is 3.14. The number of hydrogen-bond donors (Lipinski definition) is 2. The van der Waals surface area contributed by atoms with E-state index in [0.29, 0.717) is 6.42 Å². The molecule has 0 fully saturated rings. The van der Waals surface area contributed by atoms with E-state index in [2.05, 4.69) is 11.3 Å². The minimum absolute atomic E-state index is 0.228. The number of carboxylic acid groups (broad SMARTS) is 2. The molecule has 0 heterocycles. The molecule has 6 heteroatoms. The molecule has 6 nitrogen and oxygen atoms in total. The highest BCUT2D eigenvalue weighted by atomic mass is 16.5. The van der Waals surface area contributed by atoms with Crippen molar-refractivity contribution in [3.63, 3.8) is 0 Å². The number of ether oxygens (including phenoxy) is 1. The van der Waals surface area contributed by atoms with Gasteiger partial charge < -0.3 is 14.9 Å². The lowest BCUT2D eigenvalue weighted by Crippen LogP contribution is -2.09. The third-order valence-corrected chi connectivity index (χ3v) is 1.54. The molecule has 0 rings (SSSR count). The molecule has 0 radical (unpaired) electrons. The van der Waals surface area contributed by atoms with Crippen molar-refractivity contribution in [2.45, 2.75) is 26.7 Å². The van der Waals surface area contributed by atoms with Crippen molar-refractivity contribution < 1.29 is 29.3 Å². The summed E-state index contributed by atoms with van der Waals surface area (Å²) >= 11 is 0. The van der Waals surface area contributed by atoms with Gasteiger partial charge in [-0.05, 0) is 13.3 Å². The average molecular weight is 246 g/mol. The maximum atomic E-state index is 10.3. The SMILES string of the molecule is C=CCC(C)C(=O)O.CCOC(=O)CC(=O)O. The summed E-state index contributed by atoms with van der Waals surface area (Å²) in [6.45, 7) is 6.93. The van der Waals surface area contributed by atoms with E-state index < -0.39 is 24.3 Å². The summed E-state index contributed by atoms with van der Waals surface area (Å²) in [4.78, 5) is 30.1. The molecule has 0 saturated carbocycles. The van der Waals surface area contributed by atoms with Crippen LogP contribution in [0.3, 0.4) is 0 Å². The molecule has 0 aromatic heterocycles. The number of carbonyl (C=O) groups excluding carboxylic acids is 1. The largest absolute Gasteiger partial charge is 0.481 e. The molecule has 17 heavy (non-hydrogen) atoms. The summed E-state index contributed by atoms with van der Waals surface area (Å²) in [5.74, 6) is -2.89. The number of carboxylic acids is 2. The normalized spacial score (nSPS) is 10.5. The number of carbonyl (C=O) groups is 3. The monoisotopic (exact) mass is 246 g/mol. The van der Waals surface area contributed by atoms with E-state index in [-0.39, 0.29) is 12.5 Å². The van der Waals surface area contributed by atoms with Crippen LogP contribution >= 0.6 is 0 Å². The predicted molar refractivity (Wildman–Crippen MR) is 60.5 cm³/mol.